The third-order valence-electron chi connectivity index (χ3n) is 2.20. The molecule has 0 bridgehead atoms. The van der Waals surface area contributed by atoms with Gasteiger partial charge in [-0.15, -0.1) is 11.3 Å². The minimum Gasteiger partial charge on any atom is -0.383 e. The van der Waals surface area contributed by atoms with Crippen LogP contribution in [-0.2, 0) is 16.1 Å². The van der Waals surface area contributed by atoms with E-state index in [-0.39, 0.29) is 5.91 Å². The second-order valence-electron chi connectivity index (χ2n) is 3.37. The largest absolute Gasteiger partial charge is 0.383 e. The van der Waals surface area contributed by atoms with Crippen molar-refractivity contribution in [1.29, 1.82) is 0 Å². The number of aromatic nitrogens is 1. The van der Waals surface area contributed by atoms with Gasteiger partial charge in [-0.1, -0.05) is 0 Å². The second-order valence-corrected chi connectivity index (χ2v) is 4.09. The Morgan fingerprint density at radius 2 is 2.56 bits per heavy atom. The highest BCUT2D eigenvalue weighted by molar-refractivity contribution is 7.07. The molecule has 1 unspecified atom stereocenters. The van der Waals surface area contributed by atoms with Gasteiger partial charge in [0.15, 0.2) is 0 Å². The van der Waals surface area contributed by atoms with E-state index in [1.807, 2.05) is 17.3 Å². The van der Waals surface area contributed by atoms with Crippen molar-refractivity contribution in [1.82, 2.24) is 15.3 Å². The number of rotatable bonds is 6. The number of hydrogen-bond donors (Lipinski definition) is 2. The Labute approximate surface area is 98.4 Å². The van der Waals surface area contributed by atoms with E-state index < -0.39 is 6.04 Å². The van der Waals surface area contributed by atoms with Gasteiger partial charge in [0.2, 0.25) is 0 Å². The van der Waals surface area contributed by atoms with E-state index in [4.69, 9.17) is 10.6 Å². The first-order valence-corrected chi connectivity index (χ1v) is 5.70. The average Bonchev–Trinajstić information content (AvgIpc) is 2.77. The Morgan fingerprint density at radius 1 is 1.81 bits per heavy atom. The van der Waals surface area contributed by atoms with Gasteiger partial charge in [-0.05, 0) is 7.05 Å². The molecule has 0 fully saturated rings. The van der Waals surface area contributed by atoms with E-state index in [1.54, 1.807) is 12.6 Å². The highest BCUT2D eigenvalue weighted by Gasteiger charge is 2.22. The van der Waals surface area contributed by atoms with Crippen molar-refractivity contribution >= 4 is 17.2 Å². The quantitative estimate of drug-likeness (QED) is 0.403. The zero-order valence-electron chi connectivity index (χ0n) is 9.34. The number of hydrogen-bond acceptors (Lipinski definition) is 6. The summed E-state index contributed by atoms with van der Waals surface area (Å²) in [5.41, 5.74) is 4.82. The van der Waals surface area contributed by atoms with Crippen molar-refractivity contribution in [3.05, 3.63) is 16.6 Å². The van der Waals surface area contributed by atoms with Gasteiger partial charge in [0.1, 0.15) is 6.04 Å². The first-order valence-electron chi connectivity index (χ1n) is 4.75. The molecule has 7 heteroatoms. The topological polar surface area (TPSA) is 80.5 Å². The molecule has 0 aliphatic heterocycles. The van der Waals surface area contributed by atoms with Gasteiger partial charge >= 0.3 is 0 Å². The third-order valence-corrected chi connectivity index (χ3v) is 2.83. The summed E-state index contributed by atoms with van der Waals surface area (Å²) in [4.78, 5) is 17.5. The number of nitrogens with zero attached hydrogens (tertiary/aromatic N) is 2. The lowest BCUT2D eigenvalue weighted by Gasteiger charge is -2.24. The minimum absolute atomic E-state index is 0.264. The van der Waals surface area contributed by atoms with Gasteiger partial charge in [0, 0.05) is 19.0 Å². The van der Waals surface area contributed by atoms with Crippen molar-refractivity contribution in [3.8, 4) is 0 Å². The number of carbonyl (C=O) groups excluding carboxylic acids is 1. The summed E-state index contributed by atoms with van der Waals surface area (Å²) in [6.07, 6.45) is 0. The van der Waals surface area contributed by atoms with Crippen LogP contribution in [0.4, 0.5) is 0 Å². The van der Waals surface area contributed by atoms with Gasteiger partial charge in [-0.2, -0.15) is 0 Å². The zero-order valence-corrected chi connectivity index (χ0v) is 10.2. The SMILES string of the molecule is COCC(C(=O)NN)N(C)Cc1cscn1. The van der Waals surface area contributed by atoms with Crippen LogP contribution >= 0.6 is 11.3 Å². The molecule has 0 aliphatic rings. The van der Waals surface area contributed by atoms with Crippen LogP contribution in [0.3, 0.4) is 0 Å². The molecule has 1 aromatic heterocycles. The Morgan fingerprint density at radius 3 is 3.06 bits per heavy atom. The molecule has 3 N–H and O–H groups in total. The predicted octanol–water partition coefficient (Wildman–Crippen LogP) is -0.420. The van der Waals surface area contributed by atoms with Crippen LogP contribution in [0.5, 0.6) is 0 Å². The predicted molar refractivity (Wildman–Crippen MR) is 61.6 cm³/mol. The molecule has 0 saturated heterocycles. The molecule has 1 aromatic rings. The molecule has 0 aromatic carbocycles. The van der Waals surface area contributed by atoms with Crippen molar-refractivity contribution in [2.24, 2.45) is 5.84 Å². The Hall–Kier alpha value is -1.02. The first-order chi connectivity index (χ1) is 7.69. The number of hydrazine groups is 1. The van der Waals surface area contributed by atoms with Crippen LogP contribution in [0, 0.1) is 0 Å². The van der Waals surface area contributed by atoms with Crippen molar-refractivity contribution in [2.45, 2.75) is 12.6 Å². The van der Waals surface area contributed by atoms with Gasteiger partial charge in [0.25, 0.3) is 5.91 Å². The molecular formula is C9H16N4O2S. The van der Waals surface area contributed by atoms with Gasteiger partial charge in [-0.25, -0.2) is 10.8 Å². The Balaban J connectivity index is 2.59. The van der Waals surface area contributed by atoms with Crippen LogP contribution in [0.1, 0.15) is 5.69 Å². The standard InChI is InChI=1S/C9H16N4O2S/c1-13(3-7-5-16-6-11-7)8(4-15-2)9(14)12-10/h5-6,8H,3-4,10H2,1-2H3,(H,12,14). The second kappa shape index (κ2) is 6.54. The number of nitrogens with one attached hydrogen (secondary N) is 1. The summed E-state index contributed by atoms with van der Waals surface area (Å²) in [6, 6.07) is -0.406. The lowest BCUT2D eigenvalue weighted by molar-refractivity contribution is -0.128. The summed E-state index contributed by atoms with van der Waals surface area (Å²) >= 11 is 1.53. The highest BCUT2D eigenvalue weighted by Crippen LogP contribution is 2.07. The number of thiazole rings is 1. The van der Waals surface area contributed by atoms with Crippen molar-refractivity contribution < 1.29 is 9.53 Å². The van der Waals surface area contributed by atoms with Crippen LogP contribution in [0.2, 0.25) is 0 Å². The Kier molecular flexibility index (Phi) is 5.33. The number of amides is 1. The minimum atomic E-state index is -0.406. The number of likely N-dealkylation sites (N-methyl/N-ethyl adjacent to an activating group) is 1. The lowest BCUT2D eigenvalue weighted by Crippen LogP contribution is -2.49. The van der Waals surface area contributed by atoms with E-state index in [9.17, 15) is 4.79 Å². The molecule has 6 nitrogen and oxygen atoms in total. The summed E-state index contributed by atoms with van der Waals surface area (Å²) in [5, 5.41) is 1.95. The van der Waals surface area contributed by atoms with Gasteiger partial charge in [0.05, 0.1) is 17.8 Å². The first kappa shape index (κ1) is 13.0. The highest BCUT2D eigenvalue weighted by atomic mass is 32.1. The number of carbonyl (C=O) groups is 1. The third kappa shape index (κ3) is 3.53. The summed E-state index contributed by atoms with van der Waals surface area (Å²) in [5.74, 6) is 4.85. The summed E-state index contributed by atoms with van der Waals surface area (Å²) in [7, 11) is 3.38. The fraction of sp³-hybridized carbons (Fsp3) is 0.556. The fourth-order valence-electron chi connectivity index (χ4n) is 1.34. The molecule has 0 radical (unpaired) electrons. The zero-order chi connectivity index (χ0) is 12.0. The number of methoxy groups -OCH3 is 1. The number of ether oxygens (including phenoxy) is 1. The molecule has 1 atom stereocenters. The van der Waals surface area contributed by atoms with Gasteiger partial charge < -0.3 is 4.74 Å². The van der Waals surface area contributed by atoms with E-state index >= 15 is 0 Å². The molecule has 0 aliphatic carbocycles. The molecule has 1 heterocycles. The van der Waals surface area contributed by atoms with Crippen LogP contribution in [-0.4, -0.2) is 42.6 Å². The molecule has 1 rings (SSSR count). The van der Waals surface area contributed by atoms with Crippen molar-refractivity contribution in [3.63, 3.8) is 0 Å². The smallest absolute Gasteiger partial charge is 0.253 e. The maximum absolute atomic E-state index is 11.5. The normalized spacial score (nSPS) is 12.8. The van der Waals surface area contributed by atoms with Crippen LogP contribution in [0.25, 0.3) is 0 Å². The number of nitrogens with two attached hydrogens (primary N) is 1. The van der Waals surface area contributed by atoms with Crippen molar-refractivity contribution in [2.75, 3.05) is 20.8 Å². The van der Waals surface area contributed by atoms with Gasteiger partial charge in [-0.3, -0.25) is 15.1 Å². The maximum atomic E-state index is 11.5. The maximum Gasteiger partial charge on any atom is 0.253 e. The molecule has 16 heavy (non-hydrogen) atoms. The van der Waals surface area contributed by atoms with Crippen LogP contribution < -0.4 is 11.3 Å². The van der Waals surface area contributed by atoms with E-state index in [1.165, 1.54) is 11.3 Å². The summed E-state index contributed by atoms with van der Waals surface area (Å²) < 4.78 is 4.99. The van der Waals surface area contributed by atoms with Crippen LogP contribution in [0.15, 0.2) is 10.9 Å². The average molecular weight is 244 g/mol. The fourth-order valence-corrected chi connectivity index (χ4v) is 1.89. The van der Waals surface area contributed by atoms with E-state index in [2.05, 4.69) is 10.4 Å². The molecule has 0 saturated carbocycles. The molecule has 90 valence electrons. The monoisotopic (exact) mass is 244 g/mol. The van der Waals surface area contributed by atoms with E-state index in [0.29, 0.717) is 13.2 Å². The summed E-state index contributed by atoms with van der Waals surface area (Å²) in [6.45, 7) is 0.884. The lowest BCUT2D eigenvalue weighted by atomic mass is 10.2. The molecular weight excluding hydrogens is 228 g/mol. The molecule has 0 spiro atoms. The Bertz CT molecular complexity index is 317. The van der Waals surface area contributed by atoms with E-state index in [0.717, 1.165) is 5.69 Å². The molecule has 1 amide bonds.